The normalized spacial score (nSPS) is 19.5. The fourth-order valence-corrected chi connectivity index (χ4v) is 3.65. The molecule has 1 atom stereocenters. The monoisotopic (exact) mass is 348 g/mol. The maximum Gasteiger partial charge on any atom is 0.287 e. The highest BCUT2D eigenvalue weighted by Gasteiger charge is 2.33. The summed E-state index contributed by atoms with van der Waals surface area (Å²) in [5, 5.41) is 7.50. The van der Waals surface area contributed by atoms with Gasteiger partial charge in [-0.2, -0.15) is 0 Å². The van der Waals surface area contributed by atoms with E-state index in [9.17, 15) is 13.2 Å². The largest absolute Gasteiger partial charge is 0.438 e. The van der Waals surface area contributed by atoms with Crippen LogP contribution in [0, 0.1) is 0 Å². The summed E-state index contributed by atoms with van der Waals surface area (Å²) in [4.78, 5) is 12.4. The van der Waals surface area contributed by atoms with Gasteiger partial charge in [0.25, 0.3) is 15.9 Å². The Hall–Kier alpha value is -2.12. The molecule has 3 rings (SSSR count). The van der Waals surface area contributed by atoms with E-state index in [-0.39, 0.29) is 17.2 Å². The number of hydrogen-bond acceptors (Lipinski definition) is 4. The fraction of sp³-hybridized carbons (Fsp3) is 0.353. The number of rotatable bonds is 3. The smallest absolute Gasteiger partial charge is 0.287 e. The second kappa shape index (κ2) is 5.75. The molecule has 1 heterocycles. The third-order valence-corrected chi connectivity index (χ3v) is 5.29. The molecule has 1 aromatic heterocycles. The first kappa shape index (κ1) is 16.7. The lowest BCUT2D eigenvalue weighted by atomic mass is 9.71. The SMILES string of the molecule is CC1(C)CC[C@H](NC(=O)c2ccc(S(N)(=O)=O)o2)c2ccccc21. The molecule has 0 unspecified atom stereocenters. The number of fused-ring (bicyclic) bond motifs is 1. The van der Waals surface area contributed by atoms with Gasteiger partial charge in [0.2, 0.25) is 5.09 Å². The van der Waals surface area contributed by atoms with Crippen molar-refractivity contribution in [1.29, 1.82) is 0 Å². The van der Waals surface area contributed by atoms with Gasteiger partial charge in [-0.1, -0.05) is 38.1 Å². The quantitative estimate of drug-likeness (QED) is 0.889. The Morgan fingerprint density at radius 1 is 1.25 bits per heavy atom. The maximum atomic E-state index is 12.4. The molecule has 0 saturated heterocycles. The zero-order valence-electron chi connectivity index (χ0n) is 13.6. The van der Waals surface area contributed by atoms with Gasteiger partial charge in [0.1, 0.15) is 0 Å². The number of amides is 1. The van der Waals surface area contributed by atoms with Crippen LogP contribution in [-0.2, 0) is 15.4 Å². The molecule has 1 amide bonds. The van der Waals surface area contributed by atoms with Gasteiger partial charge in [-0.3, -0.25) is 4.79 Å². The summed E-state index contributed by atoms with van der Waals surface area (Å²) in [6.45, 7) is 4.38. The minimum absolute atomic E-state index is 0.0588. The summed E-state index contributed by atoms with van der Waals surface area (Å²) in [6, 6.07) is 10.4. The van der Waals surface area contributed by atoms with Crippen LogP contribution in [0.25, 0.3) is 0 Å². The number of hydrogen-bond donors (Lipinski definition) is 2. The Balaban J connectivity index is 1.84. The van der Waals surface area contributed by atoms with E-state index in [0.717, 1.165) is 18.4 Å². The third kappa shape index (κ3) is 3.09. The molecule has 0 aliphatic heterocycles. The molecular formula is C17H20N2O4S. The molecule has 24 heavy (non-hydrogen) atoms. The highest BCUT2D eigenvalue weighted by Crippen LogP contribution is 2.41. The lowest BCUT2D eigenvalue weighted by Crippen LogP contribution is -2.35. The second-order valence-corrected chi connectivity index (χ2v) is 8.19. The van der Waals surface area contributed by atoms with Crippen LogP contribution in [0.2, 0.25) is 0 Å². The maximum absolute atomic E-state index is 12.4. The highest BCUT2D eigenvalue weighted by molar-refractivity contribution is 7.89. The van der Waals surface area contributed by atoms with Crippen molar-refractivity contribution in [3.8, 4) is 0 Å². The van der Waals surface area contributed by atoms with Crippen molar-refractivity contribution in [3.05, 3.63) is 53.3 Å². The van der Waals surface area contributed by atoms with Crippen molar-refractivity contribution >= 4 is 15.9 Å². The average molecular weight is 348 g/mol. The summed E-state index contributed by atoms with van der Waals surface area (Å²) < 4.78 is 27.5. The van der Waals surface area contributed by atoms with E-state index < -0.39 is 21.0 Å². The van der Waals surface area contributed by atoms with E-state index in [0.29, 0.717) is 0 Å². The van der Waals surface area contributed by atoms with Gasteiger partial charge in [-0.15, -0.1) is 0 Å². The lowest BCUT2D eigenvalue weighted by Gasteiger charge is -2.37. The van der Waals surface area contributed by atoms with Crippen LogP contribution in [0.4, 0.5) is 0 Å². The predicted molar refractivity (Wildman–Crippen MR) is 89.0 cm³/mol. The molecule has 128 valence electrons. The van der Waals surface area contributed by atoms with E-state index in [1.165, 1.54) is 17.7 Å². The first-order chi connectivity index (χ1) is 11.2. The van der Waals surface area contributed by atoms with E-state index >= 15 is 0 Å². The number of furan rings is 1. The van der Waals surface area contributed by atoms with Gasteiger partial charge in [-0.05, 0) is 41.5 Å². The van der Waals surface area contributed by atoms with Gasteiger partial charge >= 0.3 is 0 Å². The number of carbonyl (C=O) groups excluding carboxylic acids is 1. The molecule has 0 bridgehead atoms. The van der Waals surface area contributed by atoms with Gasteiger partial charge in [-0.25, -0.2) is 13.6 Å². The Bertz CT molecular complexity index is 884. The molecule has 1 aliphatic rings. The molecule has 3 N–H and O–H groups in total. The molecule has 2 aromatic rings. The van der Waals surface area contributed by atoms with Gasteiger partial charge < -0.3 is 9.73 Å². The number of carbonyl (C=O) groups is 1. The zero-order chi connectivity index (χ0) is 17.5. The summed E-state index contributed by atoms with van der Waals surface area (Å²) in [7, 11) is -3.96. The van der Waals surface area contributed by atoms with E-state index in [1.54, 1.807) is 0 Å². The molecule has 6 nitrogen and oxygen atoms in total. The molecule has 0 spiro atoms. The van der Waals surface area contributed by atoms with Crippen molar-refractivity contribution in [2.75, 3.05) is 0 Å². The molecule has 7 heteroatoms. The summed E-state index contributed by atoms with van der Waals surface area (Å²) >= 11 is 0. The van der Waals surface area contributed by atoms with Crippen molar-refractivity contribution in [3.63, 3.8) is 0 Å². The fourth-order valence-electron chi connectivity index (χ4n) is 3.19. The van der Waals surface area contributed by atoms with Crippen LogP contribution in [0.3, 0.4) is 0 Å². The zero-order valence-corrected chi connectivity index (χ0v) is 14.4. The molecule has 0 fully saturated rings. The van der Waals surface area contributed by atoms with E-state index in [1.807, 2.05) is 18.2 Å². The Morgan fingerprint density at radius 3 is 2.62 bits per heavy atom. The predicted octanol–water partition coefficient (Wildman–Crippen LogP) is 2.47. The van der Waals surface area contributed by atoms with Gasteiger partial charge in [0.15, 0.2) is 5.76 Å². The van der Waals surface area contributed by atoms with Crippen molar-refractivity contribution in [1.82, 2.24) is 5.32 Å². The van der Waals surface area contributed by atoms with Crippen molar-refractivity contribution < 1.29 is 17.6 Å². The topological polar surface area (TPSA) is 102 Å². The van der Waals surface area contributed by atoms with Gasteiger partial charge in [0.05, 0.1) is 6.04 Å². The Morgan fingerprint density at radius 2 is 1.96 bits per heavy atom. The highest BCUT2D eigenvalue weighted by atomic mass is 32.2. The van der Waals surface area contributed by atoms with E-state index in [4.69, 9.17) is 9.56 Å². The lowest BCUT2D eigenvalue weighted by molar-refractivity contribution is 0.0896. The first-order valence-corrected chi connectivity index (χ1v) is 9.26. The van der Waals surface area contributed by atoms with Crippen molar-refractivity contribution in [2.24, 2.45) is 5.14 Å². The van der Waals surface area contributed by atoms with Crippen LogP contribution in [0.1, 0.15) is 54.4 Å². The second-order valence-electron chi connectivity index (χ2n) is 6.70. The molecule has 1 aliphatic carbocycles. The van der Waals surface area contributed by atoms with Crippen LogP contribution in [0.5, 0.6) is 0 Å². The first-order valence-electron chi connectivity index (χ1n) is 7.71. The van der Waals surface area contributed by atoms with Crippen molar-refractivity contribution in [2.45, 2.75) is 43.2 Å². The summed E-state index contributed by atoms with van der Waals surface area (Å²) in [5.74, 6) is -0.522. The standard InChI is InChI=1S/C17H20N2O4S/c1-17(2)10-9-13(11-5-3-4-6-12(11)17)19-16(20)14-7-8-15(23-14)24(18,21)22/h3-8,13H,9-10H2,1-2H3,(H,19,20)(H2,18,21,22)/t13-/m0/s1. The summed E-state index contributed by atoms with van der Waals surface area (Å²) in [6.07, 6.45) is 1.74. The number of nitrogens with two attached hydrogens (primary N) is 1. The number of primary sulfonamides is 1. The Kier molecular flexibility index (Phi) is 4.01. The van der Waals surface area contributed by atoms with Gasteiger partial charge in [0, 0.05) is 0 Å². The molecular weight excluding hydrogens is 328 g/mol. The van der Waals surface area contributed by atoms with Crippen LogP contribution in [-0.4, -0.2) is 14.3 Å². The van der Waals surface area contributed by atoms with Crippen LogP contribution in [0.15, 0.2) is 45.9 Å². The molecule has 0 radical (unpaired) electrons. The summed E-state index contributed by atoms with van der Waals surface area (Å²) in [5.41, 5.74) is 2.36. The number of nitrogens with one attached hydrogen (secondary N) is 1. The van der Waals surface area contributed by atoms with Crippen LogP contribution < -0.4 is 10.5 Å². The van der Waals surface area contributed by atoms with Crippen LogP contribution >= 0.6 is 0 Å². The third-order valence-electron chi connectivity index (χ3n) is 4.51. The van der Waals surface area contributed by atoms with E-state index in [2.05, 4.69) is 25.2 Å². The number of sulfonamides is 1. The molecule has 0 saturated carbocycles. The minimum Gasteiger partial charge on any atom is -0.438 e. The molecule has 1 aromatic carbocycles. The minimum atomic E-state index is -3.96. The average Bonchev–Trinajstić information content (AvgIpc) is 3.01. The number of benzene rings is 1. The Labute approximate surface area is 141 Å².